The Kier molecular flexibility index (Phi) is 9.43. The summed E-state index contributed by atoms with van der Waals surface area (Å²) in [4.78, 5) is 16.4. The molecule has 0 N–H and O–H groups in total. The fourth-order valence-corrected chi connectivity index (χ4v) is 2.74. The Labute approximate surface area is 161 Å². The highest BCUT2D eigenvalue weighted by atomic mass is 127. The van der Waals surface area contributed by atoms with Gasteiger partial charge in [0.05, 0.1) is 6.04 Å². The van der Waals surface area contributed by atoms with Crippen molar-refractivity contribution in [1.82, 2.24) is 9.80 Å². The van der Waals surface area contributed by atoms with E-state index in [1.165, 1.54) is 11.0 Å². The van der Waals surface area contributed by atoms with E-state index in [9.17, 15) is 4.79 Å². The fraction of sp³-hybridized carbons (Fsp3) is 0.500. The van der Waals surface area contributed by atoms with Crippen LogP contribution in [0.15, 0.2) is 36.6 Å². The molecule has 1 aromatic rings. The van der Waals surface area contributed by atoms with Crippen molar-refractivity contribution in [2.75, 3.05) is 27.2 Å². The summed E-state index contributed by atoms with van der Waals surface area (Å²) < 4.78 is 5.32. The van der Waals surface area contributed by atoms with Gasteiger partial charge in [-0.3, -0.25) is 4.79 Å². The third kappa shape index (κ3) is 6.47. The van der Waals surface area contributed by atoms with Crippen LogP contribution >= 0.6 is 23.0 Å². The first-order valence-electron chi connectivity index (χ1n) is 8.42. The van der Waals surface area contributed by atoms with Gasteiger partial charge in [0.15, 0.2) is 30.3 Å². The molecule has 0 spiro atoms. The van der Waals surface area contributed by atoms with Gasteiger partial charge < -0.3 is 12.9 Å². The second-order valence-electron chi connectivity index (χ2n) is 6.08. The Morgan fingerprint density at radius 3 is 2.46 bits per heavy atom. The van der Waals surface area contributed by atoms with Gasteiger partial charge in [-0.05, 0) is 19.2 Å². The van der Waals surface area contributed by atoms with Gasteiger partial charge >= 0.3 is 0 Å². The summed E-state index contributed by atoms with van der Waals surface area (Å²) in [6.07, 6.45) is 1.21. The van der Waals surface area contributed by atoms with Crippen molar-refractivity contribution in [1.29, 1.82) is 0 Å². The van der Waals surface area contributed by atoms with Crippen LogP contribution in [0.4, 0.5) is 0 Å². The molecule has 1 unspecified atom stereocenters. The highest BCUT2D eigenvalue weighted by molar-refractivity contribution is 14.1. The maximum Gasteiger partial charge on any atom is 0.224 e. The summed E-state index contributed by atoms with van der Waals surface area (Å²) in [5.41, 5.74) is 2.49. The van der Waals surface area contributed by atoms with Crippen molar-refractivity contribution < 1.29 is 7.86 Å². The SMILES string of the molecule is C=C(OI)C(Cc1ccc(BC)cc1)N(C)C(=O)CCN(C)CC. The Balaban J connectivity index is 2.79. The van der Waals surface area contributed by atoms with Gasteiger partial charge in [-0.2, -0.15) is 0 Å². The summed E-state index contributed by atoms with van der Waals surface area (Å²) >= 11 is 1.83. The molecule has 1 amide bonds. The number of benzene rings is 1. The minimum absolute atomic E-state index is 0.111. The van der Waals surface area contributed by atoms with Gasteiger partial charge in [0.2, 0.25) is 5.91 Å². The zero-order valence-corrected chi connectivity index (χ0v) is 17.4. The third-order valence-corrected chi connectivity index (χ3v) is 5.00. The maximum absolute atomic E-state index is 12.5. The van der Waals surface area contributed by atoms with Gasteiger partial charge in [0, 0.05) is 26.4 Å². The van der Waals surface area contributed by atoms with Crippen LogP contribution in [0.1, 0.15) is 18.9 Å². The standard InChI is InChI=1S/C18H28BIN2O2/c1-6-21(4)12-11-18(23)22(5)17(14(2)24-20)13-15-7-9-16(19-3)10-8-15/h7-10,17,19H,2,6,11-13H2,1,3-5H3. The highest BCUT2D eigenvalue weighted by Crippen LogP contribution is 2.18. The van der Waals surface area contributed by atoms with E-state index < -0.39 is 0 Å². The van der Waals surface area contributed by atoms with E-state index in [4.69, 9.17) is 3.07 Å². The van der Waals surface area contributed by atoms with E-state index in [1.54, 1.807) is 4.90 Å². The zero-order valence-electron chi connectivity index (χ0n) is 15.2. The smallest absolute Gasteiger partial charge is 0.224 e. The molecule has 0 aliphatic carbocycles. The molecule has 132 valence electrons. The lowest BCUT2D eigenvalue weighted by Gasteiger charge is -2.29. The third-order valence-electron chi connectivity index (χ3n) is 4.44. The van der Waals surface area contributed by atoms with Gasteiger partial charge in [0.1, 0.15) is 5.76 Å². The molecule has 0 fully saturated rings. The number of carbonyl (C=O) groups excluding carboxylic acids is 1. The first kappa shape index (κ1) is 21.0. The average molecular weight is 442 g/mol. The molecular weight excluding hydrogens is 414 g/mol. The van der Waals surface area contributed by atoms with Gasteiger partial charge in [-0.25, -0.2) is 0 Å². The molecule has 0 aromatic heterocycles. The van der Waals surface area contributed by atoms with Crippen LogP contribution in [-0.4, -0.2) is 56.2 Å². The van der Waals surface area contributed by atoms with Crippen LogP contribution in [0.5, 0.6) is 0 Å². The Morgan fingerprint density at radius 2 is 1.96 bits per heavy atom. The van der Waals surface area contributed by atoms with E-state index in [0.29, 0.717) is 18.6 Å². The number of carbonyl (C=O) groups is 1. The lowest BCUT2D eigenvalue weighted by atomic mass is 9.73. The van der Waals surface area contributed by atoms with E-state index in [-0.39, 0.29) is 11.9 Å². The van der Waals surface area contributed by atoms with Crippen molar-refractivity contribution in [3.8, 4) is 0 Å². The maximum atomic E-state index is 12.5. The predicted molar refractivity (Wildman–Crippen MR) is 111 cm³/mol. The van der Waals surface area contributed by atoms with Crippen molar-refractivity contribution in [3.63, 3.8) is 0 Å². The summed E-state index contributed by atoms with van der Waals surface area (Å²) in [5, 5.41) is 0. The molecule has 1 atom stereocenters. The highest BCUT2D eigenvalue weighted by Gasteiger charge is 2.24. The van der Waals surface area contributed by atoms with Crippen LogP contribution < -0.4 is 5.46 Å². The first-order chi connectivity index (χ1) is 11.4. The molecule has 1 aromatic carbocycles. The number of nitrogens with zero attached hydrogens (tertiary/aromatic N) is 2. The Bertz CT molecular complexity index is 536. The van der Waals surface area contributed by atoms with E-state index >= 15 is 0 Å². The van der Waals surface area contributed by atoms with E-state index in [1.807, 2.05) is 37.1 Å². The van der Waals surface area contributed by atoms with Gasteiger partial charge in [-0.15, -0.1) is 0 Å². The Morgan fingerprint density at radius 1 is 1.33 bits per heavy atom. The lowest BCUT2D eigenvalue weighted by molar-refractivity contribution is -0.132. The molecule has 24 heavy (non-hydrogen) atoms. The Hall–Kier alpha value is -1.02. The van der Waals surface area contributed by atoms with Crippen LogP contribution in [0.25, 0.3) is 0 Å². The van der Waals surface area contributed by atoms with Crippen LogP contribution in [0.3, 0.4) is 0 Å². The van der Waals surface area contributed by atoms with Gasteiger partial charge in [0.25, 0.3) is 0 Å². The lowest BCUT2D eigenvalue weighted by Crippen LogP contribution is -2.41. The summed E-state index contributed by atoms with van der Waals surface area (Å²) in [6.45, 7) is 9.91. The van der Waals surface area contributed by atoms with Crippen LogP contribution in [-0.2, 0) is 14.3 Å². The average Bonchev–Trinajstić information content (AvgIpc) is 2.62. The minimum atomic E-state index is -0.159. The summed E-state index contributed by atoms with van der Waals surface area (Å²) in [7, 11) is 4.88. The van der Waals surface area contributed by atoms with Crippen molar-refractivity contribution in [2.24, 2.45) is 0 Å². The second-order valence-corrected chi connectivity index (χ2v) is 6.52. The molecule has 0 saturated heterocycles. The monoisotopic (exact) mass is 442 g/mol. The van der Waals surface area contributed by atoms with Crippen molar-refractivity contribution in [3.05, 3.63) is 42.2 Å². The molecule has 0 aliphatic heterocycles. The van der Waals surface area contributed by atoms with Crippen LogP contribution in [0.2, 0.25) is 6.82 Å². The minimum Gasteiger partial charge on any atom is -0.431 e. The molecule has 0 aliphatic rings. The predicted octanol–water partition coefficient (Wildman–Crippen LogP) is 2.39. The summed E-state index contributed by atoms with van der Waals surface area (Å²) in [5.74, 6) is 0.718. The first-order valence-corrected chi connectivity index (χ1v) is 9.30. The fourth-order valence-electron chi connectivity index (χ4n) is 2.45. The van der Waals surface area contributed by atoms with Crippen molar-refractivity contribution in [2.45, 2.75) is 32.6 Å². The molecule has 0 radical (unpaired) electrons. The number of halogens is 1. The van der Waals surface area contributed by atoms with E-state index in [0.717, 1.165) is 20.4 Å². The molecular formula is C18H28BIN2O2. The van der Waals surface area contributed by atoms with Crippen LogP contribution in [0, 0.1) is 0 Å². The number of hydrogen-bond acceptors (Lipinski definition) is 3. The topological polar surface area (TPSA) is 32.8 Å². The molecule has 0 heterocycles. The van der Waals surface area contributed by atoms with E-state index in [2.05, 4.69) is 49.5 Å². The molecule has 6 heteroatoms. The molecule has 0 bridgehead atoms. The van der Waals surface area contributed by atoms with Crippen molar-refractivity contribution >= 4 is 41.7 Å². The molecule has 0 saturated carbocycles. The largest absolute Gasteiger partial charge is 0.431 e. The summed E-state index contributed by atoms with van der Waals surface area (Å²) in [6, 6.07) is 8.36. The number of hydrogen-bond donors (Lipinski definition) is 0. The quantitative estimate of drug-likeness (QED) is 0.317. The zero-order chi connectivity index (χ0) is 18.1. The number of amides is 1. The van der Waals surface area contributed by atoms with Gasteiger partial charge in [-0.1, -0.05) is 50.1 Å². The number of likely N-dealkylation sites (N-methyl/N-ethyl adjacent to an activating group) is 1. The molecule has 1 rings (SSSR count). The second kappa shape index (κ2) is 10.8. The normalized spacial score (nSPS) is 11.9. The molecule has 4 nitrogen and oxygen atoms in total. The number of rotatable bonds is 10.